The Bertz CT molecular complexity index is 483. The smallest absolute Gasteiger partial charge is 0.330 e. The molecule has 0 radical (unpaired) electrons. The van der Waals surface area contributed by atoms with E-state index in [-0.39, 0.29) is 18.0 Å². The quantitative estimate of drug-likeness (QED) is 0.477. The van der Waals surface area contributed by atoms with E-state index in [1.165, 1.54) is 25.2 Å². The topological polar surface area (TPSA) is 64.4 Å². The van der Waals surface area contributed by atoms with Crippen LogP contribution in [-0.4, -0.2) is 30.9 Å². The molecule has 0 unspecified atom stereocenters. The van der Waals surface area contributed by atoms with Gasteiger partial charge in [0.2, 0.25) is 0 Å². The number of ether oxygens (including phenoxy) is 1. The van der Waals surface area contributed by atoms with Gasteiger partial charge in [0, 0.05) is 13.1 Å². The first-order chi connectivity index (χ1) is 9.27. The molecule has 1 aromatic carbocycles. The summed E-state index contributed by atoms with van der Waals surface area (Å²) in [4.78, 5) is 10.1. The van der Waals surface area contributed by atoms with Crippen LogP contribution in [0.4, 0.5) is 28.9 Å². The molecular formula is C11H12F4N2O3. The Morgan fingerprint density at radius 2 is 2.10 bits per heavy atom. The molecule has 0 bridgehead atoms. The van der Waals surface area contributed by atoms with Crippen molar-refractivity contribution in [3.63, 3.8) is 0 Å². The molecule has 0 aliphatic heterocycles. The number of nitro benzene ring substituents is 1. The zero-order chi connectivity index (χ0) is 15.3. The molecule has 5 nitrogen and oxygen atoms in total. The minimum atomic E-state index is -4.22. The van der Waals surface area contributed by atoms with Gasteiger partial charge in [-0.15, -0.1) is 0 Å². The lowest BCUT2D eigenvalue weighted by atomic mass is 10.2. The second kappa shape index (κ2) is 6.51. The van der Waals surface area contributed by atoms with Gasteiger partial charge >= 0.3 is 12.3 Å². The highest BCUT2D eigenvalue weighted by atomic mass is 19.3. The SMILES string of the molecule is CNc1cc(COCC(F)(F)C(F)F)ccc1[N+](=O)[O-]. The summed E-state index contributed by atoms with van der Waals surface area (Å²) in [6, 6.07) is 3.81. The summed E-state index contributed by atoms with van der Waals surface area (Å²) in [6.07, 6.45) is -3.80. The molecule has 20 heavy (non-hydrogen) atoms. The van der Waals surface area contributed by atoms with Crippen LogP contribution in [0.25, 0.3) is 0 Å². The van der Waals surface area contributed by atoms with Gasteiger partial charge < -0.3 is 10.1 Å². The Morgan fingerprint density at radius 1 is 1.45 bits per heavy atom. The molecule has 9 heteroatoms. The van der Waals surface area contributed by atoms with E-state index in [1.807, 2.05) is 0 Å². The molecule has 0 saturated carbocycles. The van der Waals surface area contributed by atoms with Crippen LogP contribution in [-0.2, 0) is 11.3 Å². The third kappa shape index (κ3) is 4.05. The first-order valence-electron chi connectivity index (χ1n) is 5.46. The van der Waals surface area contributed by atoms with Crippen molar-refractivity contribution in [2.45, 2.75) is 19.0 Å². The number of hydrogen-bond donors (Lipinski definition) is 1. The van der Waals surface area contributed by atoms with Crippen molar-refractivity contribution < 1.29 is 27.2 Å². The summed E-state index contributed by atoms with van der Waals surface area (Å²) in [5.41, 5.74) is 0.343. The van der Waals surface area contributed by atoms with Gasteiger partial charge in [-0.25, -0.2) is 8.78 Å². The Kier molecular flexibility index (Phi) is 5.26. The first kappa shape index (κ1) is 16.2. The standard InChI is InChI=1S/C11H12F4N2O3/c1-16-8-4-7(2-3-9(8)17(18)19)5-20-6-11(14,15)10(12)13/h2-4,10,16H,5-6H2,1H3. The molecule has 112 valence electrons. The van der Waals surface area contributed by atoms with Crippen LogP contribution in [0.5, 0.6) is 0 Å². The summed E-state index contributed by atoms with van der Waals surface area (Å²) < 4.78 is 53.5. The fraction of sp³-hybridized carbons (Fsp3) is 0.455. The van der Waals surface area contributed by atoms with Gasteiger partial charge in [-0.2, -0.15) is 8.78 Å². The zero-order valence-corrected chi connectivity index (χ0v) is 10.4. The van der Waals surface area contributed by atoms with Crippen LogP contribution in [0, 0.1) is 10.1 Å². The number of halogens is 4. The fourth-order valence-corrected chi connectivity index (χ4v) is 1.40. The lowest BCUT2D eigenvalue weighted by molar-refractivity contribution is -0.384. The molecule has 0 heterocycles. The maximum absolute atomic E-state index is 12.6. The molecular weight excluding hydrogens is 284 g/mol. The lowest BCUT2D eigenvalue weighted by Crippen LogP contribution is -2.32. The summed E-state index contributed by atoms with van der Waals surface area (Å²) in [7, 11) is 1.46. The van der Waals surface area contributed by atoms with Crippen LogP contribution >= 0.6 is 0 Å². The van der Waals surface area contributed by atoms with E-state index in [9.17, 15) is 27.7 Å². The fourth-order valence-electron chi connectivity index (χ4n) is 1.40. The lowest BCUT2D eigenvalue weighted by Gasteiger charge is -2.15. The molecule has 0 atom stereocenters. The third-order valence-electron chi connectivity index (χ3n) is 2.41. The predicted octanol–water partition coefficient (Wildman–Crippen LogP) is 3.05. The Labute approximate surface area is 111 Å². The summed E-state index contributed by atoms with van der Waals surface area (Å²) in [5.74, 6) is -4.22. The van der Waals surface area contributed by atoms with E-state index in [0.717, 1.165) is 0 Å². The normalized spacial score (nSPS) is 11.7. The minimum Gasteiger partial charge on any atom is -0.383 e. The molecule has 1 aromatic rings. The van der Waals surface area contributed by atoms with Crippen molar-refractivity contribution in [3.8, 4) is 0 Å². The number of rotatable bonds is 7. The van der Waals surface area contributed by atoms with Crippen molar-refractivity contribution in [2.75, 3.05) is 19.0 Å². The molecule has 1 N–H and O–H groups in total. The van der Waals surface area contributed by atoms with E-state index in [1.54, 1.807) is 0 Å². The van der Waals surface area contributed by atoms with Crippen LogP contribution in [0.3, 0.4) is 0 Å². The first-order valence-corrected chi connectivity index (χ1v) is 5.46. The summed E-state index contributed by atoms with van der Waals surface area (Å²) in [6.45, 7) is -1.77. The van der Waals surface area contributed by atoms with E-state index >= 15 is 0 Å². The molecule has 0 aliphatic carbocycles. The van der Waals surface area contributed by atoms with Gasteiger partial charge in [-0.1, -0.05) is 0 Å². The molecule has 0 aliphatic rings. The van der Waals surface area contributed by atoms with Crippen molar-refractivity contribution >= 4 is 11.4 Å². The molecule has 0 saturated heterocycles. The van der Waals surface area contributed by atoms with Gasteiger partial charge in [0.05, 0.1) is 11.5 Å². The molecule has 0 amide bonds. The minimum absolute atomic E-state index is 0.178. The van der Waals surface area contributed by atoms with E-state index in [2.05, 4.69) is 10.1 Å². The van der Waals surface area contributed by atoms with Crippen LogP contribution in [0.2, 0.25) is 0 Å². The highest BCUT2D eigenvalue weighted by Crippen LogP contribution is 2.26. The van der Waals surface area contributed by atoms with Crippen molar-refractivity contribution in [3.05, 3.63) is 33.9 Å². The molecule has 0 fully saturated rings. The Morgan fingerprint density at radius 3 is 2.60 bits per heavy atom. The number of alkyl halides is 4. The largest absolute Gasteiger partial charge is 0.383 e. The van der Waals surface area contributed by atoms with Crippen molar-refractivity contribution in [1.82, 2.24) is 0 Å². The second-order valence-corrected chi connectivity index (χ2v) is 3.91. The number of nitrogens with one attached hydrogen (secondary N) is 1. The molecule has 0 aromatic heterocycles. The summed E-state index contributed by atoms with van der Waals surface area (Å²) >= 11 is 0. The van der Waals surface area contributed by atoms with Gasteiger partial charge in [0.1, 0.15) is 12.3 Å². The number of benzene rings is 1. The number of hydrogen-bond acceptors (Lipinski definition) is 4. The van der Waals surface area contributed by atoms with Crippen molar-refractivity contribution in [1.29, 1.82) is 0 Å². The Balaban J connectivity index is 2.68. The third-order valence-corrected chi connectivity index (χ3v) is 2.41. The highest BCUT2D eigenvalue weighted by Gasteiger charge is 2.40. The molecule has 1 rings (SSSR count). The summed E-state index contributed by atoms with van der Waals surface area (Å²) in [5, 5.41) is 13.2. The number of nitrogens with zero attached hydrogens (tertiary/aromatic N) is 1. The highest BCUT2D eigenvalue weighted by molar-refractivity contribution is 5.62. The zero-order valence-electron chi connectivity index (χ0n) is 10.4. The second-order valence-electron chi connectivity index (χ2n) is 3.91. The van der Waals surface area contributed by atoms with Crippen LogP contribution in [0.1, 0.15) is 5.56 Å². The van der Waals surface area contributed by atoms with E-state index in [0.29, 0.717) is 5.56 Å². The Hall–Kier alpha value is -1.90. The van der Waals surface area contributed by atoms with Gasteiger partial charge in [-0.3, -0.25) is 10.1 Å². The van der Waals surface area contributed by atoms with Gasteiger partial charge in [0.25, 0.3) is 5.69 Å². The average Bonchev–Trinajstić information content (AvgIpc) is 2.37. The molecule has 0 spiro atoms. The van der Waals surface area contributed by atoms with Crippen molar-refractivity contribution in [2.24, 2.45) is 0 Å². The number of nitro groups is 1. The van der Waals surface area contributed by atoms with E-state index in [4.69, 9.17) is 0 Å². The van der Waals surface area contributed by atoms with Gasteiger partial charge in [0.15, 0.2) is 0 Å². The predicted molar refractivity (Wildman–Crippen MR) is 63.3 cm³/mol. The van der Waals surface area contributed by atoms with Crippen LogP contribution < -0.4 is 5.32 Å². The average molecular weight is 296 g/mol. The van der Waals surface area contributed by atoms with Gasteiger partial charge in [-0.05, 0) is 17.7 Å². The van der Waals surface area contributed by atoms with Crippen LogP contribution in [0.15, 0.2) is 18.2 Å². The van der Waals surface area contributed by atoms with E-state index < -0.39 is 23.9 Å². The maximum Gasteiger partial charge on any atom is 0.330 e. The number of anilines is 1. The monoisotopic (exact) mass is 296 g/mol. The maximum atomic E-state index is 12.6.